The SMILES string of the molecule is NC(=O)O.NC(=O)O.NC(=O)O.NC(=O)O.NC(=O)O.[Nb]. The van der Waals surface area contributed by atoms with Gasteiger partial charge >= 0.3 is 30.5 Å². The fourth-order valence-electron chi connectivity index (χ4n) is 0. The molecule has 0 heterocycles. The largest absolute Gasteiger partial charge is 0.465 e. The van der Waals surface area contributed by atoms with Gasteiger partial charge < -0.3 is 54.2 Å². The molecular formula is C5H15N5NbO10. The summed E-state index contributed by atoms with van der Waals surface area (Å²) in [6.07, 6.45) is -6.67. The Balaban J connectivity index is -0.0000000331. The molecule has 0 atom stereocenters. The molecule has 0 aliphatic carbocycles. The van der Waals surface area contributed by atoms with Crippen molar-refractivity contribution in [1.82, 2.24) is 0 Å². The minimum absolute atomic E-state index is 0. The van der Waals surface area contributed by atoms with Gasteiger partial charge in [-0.05, 0) is 0 Å². The van der Waals surface area contributed by atoms with E-state index in [2.05, 4.69) is 28.7 Å². The molecule has 0 rings (SSSR count). The molecule has 0 aromatic carbocycles. The zero-order valence-corrected chi connectivity index (χ0v) is 12.3. The van der Waals surface area contributed by atoms with Crippen molar-refractivity contribution in [3.8, 4) is 0 Å². The van der Waals surface area contributed by atoms with Crippen molar-refractivity contribution >= 4 is 30.5 Å². The summed E-state index contributed by atoms with van der Waals surface area (Å²) in [5.41, 5.74) is 20.1. The monoisotopic (exact) mass is 398 g/mol. The van der Waals surface area contributed by atoms with Crippen molar-refractivity contribution in [1.29, 1.82) is 0 Å². The predicted octanol–water partition coefficient (Wildman–Crippen LogP) is -1.89. The van der Waals surface area contributed by atoms with E-state index in [1.165, 1.54) is 0 Å². The average molecular weight is 398 g/mol. The third kappa shape index (κ3) is 460. The van der Waals surface area contributed by atoms with Crippen LogP contribution in [0, 0.1) is 0 Å². The maximum atomic E-state index is 8.78. The number of nitrogens with two attached hydrogens (primary N) is 5. The summed E-state index contributed by atoms with van der Waals surface area (Å²) >= 11 is 0. The number of hydrogen-bond acceptors (Lipinski definition) is 5. The van der Waals surface area contributed by atoms with Gasteiger partial charge in [0.05, 0.1) is 0 Å². The zero-order chi connectivity index (χ0) is 17.9. The molecule has 0 aromatic heterocycles. The Hall–Kier alpha value is -2.91. The van der Waals surface area contributed by atoms with Gasteiger partial charge in [0.15, 0.2) is 0 Å². The van der Waals surface area contributed by atoms with Crippen LogP contribution in [0.3, 0.4) is 0 Å². The summed E-state index contributed by atoms with van der Waals surface area (Å²) in [5, 5.41) is 36.0. The third-order valence-corrected chi connectivity index (χ3v) is 0. The first-order chi connectivity index (χ1) is 8.66. The quantitative estimate of drug-likeness (QED) is 0.202. The number of rotatable bonds is 0. The molecule has 0 aliphatic heterocycles. The Kier molecular flexibility index (Phi) is 52.1. The molecule has 15 N–H and O–H groups in total. The molecule has 21 heavy (non-hydrogen) atoms. The predicted molar refractivity (Wildman–Crippen MR) is 61.1 cm³/mol. The Morgan fingerprint density at radius 3 is 0.429 bits per heavy atom. The molecule has 0 unspecified atom stereocenters. The Morgan fingerprint density at radius 2 is 0.429 bits per heavy atom. The van der Waals surface area contributed by atoms with Gasteiger partial charge in [0, 0.05) is 22.4 Å². The molecule has 0 spiro atoms. The van der Waals surface area contributed by atoms with E-state index < -0.39 is 30.5 Å². The molecule has 5 amide bonds. The van der Waals surface area contributed by atoms with Crippen LogP contribution in [0.2, 0.25) is 0 Å². The van der Waals surface area contributed by atoms with E-state index in [4.69, 9.17) is 49.5 Å². The summed E-state index contributed by atoms with van der Waals surface area (Å²) in [5.74, 6) is 0. The molecule has 0 fully saturated rings. The molecule has 0 aromatic rings. The maximum Gasteiger partial charge on any atom is 0.402 e. The molecule has 125 valence electrons. The summed E-state index contributed by atoms with van der Waals surface area (Å²) in [7, 11) is 0. The molecule has 0 saturated heterocycles. The molecule has 16 heteroatoms. The van der Waals surface area contributed by atoms with Crippen LogP contribution < -0.4 is 28.7 Å². The number of primary amides is 5. The normalized spacial score (nSPS) is 5.71. The van der Waals surface area contributed by atoms with Gasteiger partial charge in [-0.2, -0.15) is 0 Å². The fraction of sp³-hybridized carbons (Fsp3) is 0. The smallest absolute Gasteiger partial charge is 0.402 e. The zero-order valence-electron chi connectivity index (χ0n) is 10.1. The van der Waals surface area contributed by atoms with Gasteiger partial charge in [-0.15, -0.1) is 0 Å². The summed E-state index contributed by atoms with van der Waals surface area (Å²) in [6, 6.07) is 0. The Bertz CT molecular complexity index is 221. The van der Waals surface area contributed by atoms with Crippen molar-refractivity contribution in [2.75, 3.05) is 0 Å². The molecular weight excluding hydrogens is 383 g/mol. The van der Waals surface area contributed by atoms with Crippen molar-refractivity contribution in [3.05, 3.63) is 0 Å². The number of carboxylic acid groups (broad SMARTS) is 5. The Morgan fingerprint density at radius 1 is 0.429 bits per heavy atom. The van der Waals surface area contributed by atoms with E-state index in [0.29, 0.717) is 0 Å². The van der Waals surface area contributed by atoms with Gasteiger partial charge in [0.25, 0.3) is 0 Å². The van der Waals surface area contributed by atoms with Crippen molar-refractivity contribution in [3.63, 3.8) is 0 Å². The topological polar surface area (TPSA) is 317 Å². The van der Waals surface area contributed by atoms with E-state index in [0.717, 1.165) is 0 Å². The van der Waals surface area contributed by atoms with E-state index >= 15 is 0 Å². The first-order valence-electron chi connectivity index (χ1n) is 3.58. The van der Waals surface area contributed by atoms with Gasteiger partial charge in [0.2, 0.25) is 0 Å². The van der Waals surface area contributed by atoms with Crippen LogP contribution in [0.1, 0.15) is 0 Å². The first kappa shape index (κ1) is 36.1. The second kappa shape index (κ2) is 30.3. The van der Waals surface area contributed by atoms with Crippen LogP contribution in [0.4, 0.5) is 24.0 Å². The van der Waals surface area contributed by atoms with Crippen LogP contribution in [0.5, 0.6) is 0 Å². The van der Waals surface area contributed by atoms with Gasteiger partial charge in [-0.25, -0.2) is 24.0 Å². The van der Waals surface area contributed by atoms with Gasteiger partial charge in [-0.1, -0.05) is 0 Å². The van der Waals surface area contributed by atoms with Crippen LogP contribution in [-0.2, 0) is 22.4 Å². The molecule has 0 saturated carbocycles. The van der Waals surface area contributed by atoms with Crippen LogP contribution >= 0.6 is 0 Å². The second-order valence-electron chi connectivity index (χ2n) is 1.69. The van der Waals surface area contributed by atoms with Crippen molar-refractivity contribution in [2.45, 2.75) is 0 Å². The summed E-state index contributed by atoms with van der Waals surface area (Å²) < 4.78 is 0. The number of amides is 5. The molecule has 0 aliphatic rings. The van der Waals surface area contributed by atoms with Crippen LogP contribution in [0.15, 0.2) is 0 Å². The van der Waals surface area contributed by atoms with Crippen LogP contribution in [-0.4, -0.2) is 56.0 Å². The average Bonchev–Trinajstić information content (AvgIpc) is 1.94. The number of carbonyl (C=O) groups is 5. The molecule has 1 radical (unpaired) electrons. The summed E-state index contributed by atoms with van der Waals surface area (Å²) in [6.45, 7) is 0. The number of hydrogen-bond donors (Lipinski definition) is 10. The second-order valence-corrected chi connectivity index (χ2v) is 1.69. The maximum absolute atomic E-state index is 8.78. The first-order valence-corrected chi connectivity index (χ1v) is 3.58. The fourth-order valence-corrected chi connectivity index (χ4v) is 0. The minimum atomic E-state index is -1.33. The van der Waals surface area contributed by atoms with E-state index in [-0.39, 0.29) is 22.4 Å². The van der Waals surface area contributed by atoms with E-state index in [1.807, 2.05) is 0 Å². The standard InChI is InChI=1S/5CH3NO2.Nb/c5*2-1(3)4;/h5*2H2,(H,3,4);. The molecule has 0 bridgehead atoms. The third-order valence-electron chi connectivity index (χ3n) is 0. The van der Waals surface area contributed by atoms with Gasteiger partial charge in [-0.3, -0.25) is 0 Å². The van der Waals surface area contributed by atoms with Gasteiger partial charge in [0.1, 0.15) is 0 Å². The minimum Gasteiger partial charge on any atom is -0.465 e. The Labute approximate surface area is 131 Å². The van der Waals surface area contributed by atoms with E-state index in [1.54, 1.807) is 0 Å². The van der Waals surface area contributed by atoms with Crippen molar-refractivity contribution in [2.24, 2.45) is 28.7 Å². The van der Waals surface area contributed by atoms with Crippen LogP contribution in [0.25, 0.3) is 0 Å². The van der Waals surface area contributed by atoms with Crippen molar-refractivity contribution < 1.29 is 71.9 Å². The summed E-state index contributed by atoms with van der Waals surface area (Å²) in [4.78, 5) is 43.9. The van der Waals surface area contributed by atoms with E-state index in [9.17, 15) is 0 Å². The molecule has 15 nitrogen and oxygen atoms in total.